The maximum atomic E-state index is 10.4. The van der Waals surface area contributed by atoms with Crippen LogP contribution >= 0.6 is 23.5 Å². The Morgan fingerprint density at radius 1 is 1.62 bits per heavy atom. The van der Waals surface area contributed by atoms with Crippen molar-refractivity contribution in [2.75, 3.05) is 5.94 Å². The number of benzene rings is 1. The van der Waals surface area contributed by atoms with Crippen molar-refractivity contribution in [3.05, 3.63) is 28.8 Å². The van der Waals surface area contributed by atoms with Crippen molar-refractivity contribution in [1.29, 1.82) is 0 Å². The summed E-state index contributed by atoms with van der Waals surface area (Å²) in [5.41, 5.74) is 0.453. The molecule has 1 aromatic rings. The Morgan fingerprint density at radius 3 is 2.92 bits per heavy atom. The van der Waals surface area contributed by atoms with Crippen LogP contribution in [0, 0.1) is 0 Å². The molecule has 0 aromatic heterocycles. The zero-order valence-electron chi connectivity index (χ0n) is 6.70. The average molecular weight is 218 g/mol. The third-order valence-electron chi connectivity index (χ3n) is 1.39. The van der Waals surface area contributed by atoms with Gasteiger partial charge in [0.1, 0.15) is 11.7 Å². The van der Waals surface area contributed by atoms with Gasteiger partial charge in [0.25, 0.3) is 0 Å². The fourth-order valence-electron chi connectivity index (χ4n) is 0.795. The standard InChI is InChI=1S/C8H8ClNO2S/c9-8-3-7(12-5-13-10)2-1-6(8)4-11/h1-4H,5,10H2. The highest BCUT2D eigenvalue weighted by Crippen LogP contribution is 2.21. The van der Waals surface area contributed by atoms with Gasteiger partial charge in [-0.3, -0.25) is 9.93 Å². The molecule has 0 saturated heterocycles. The first-order valence-electron chi connectivity index (χ1n) is 3.47. The minimum atomic E-state index is 0.358. The highest BCUT2D eigenvalue weighted by Gasteiger charge is 2.00. The van der Waals surface area contributed by atoms with Gasteiger partial charge in [-0.2, -0.15) is 0 Å². The van der Waals surface area contributed by atoms with E-state index in [-0.39, 0.29) is 0 Å². The van der Waals surface area contributed by atoms with Gasteiger partial charge in [0, 0.05) is 5.56 Å². The number of halogens is 1. The van der Waals surface area contributed by atoms with Crippen molar-refractivity contribution in [3.63, 3.8) is 0 Å². The molecular formula is C8H8ClNO2S. The zero-order valence-corrected chi connectivity index (χ0v) is 8.27. The number of rotatable bonds is 4. The fraction of sp³-hybridized carbons (Fsp3) is 0.125. The molecule has 2 N–H and O–H groups in total. The van der Waals surface area contributed by atoms with Crippen LogP contribution < -0.4 is 9.88 Å². The molecule has 5 heteroatoms. The molecule has 0 amide bonds. The molecule has 1 rings (SSSR count). The number of hydrogen-bond donors (Lipinski definition) is 1. The molecule has 13 heavy (non-hydrogen) atoms. The van der Waals surface area contributed by atoms with E-state index >= 15 is 0 Å². The van der Waals surface area contributed by atoms with Crippen molar-refractivity contribution in [1.82, 2.24) is 0 Å². The third kappa shape index (κ3) is 2.91. The lowest BCUT2D eigenvalue weighted by Gasteiger charge is -2.04. The van der Waals surface area contributed by atoms with E-state index in [0.717, 1.165) is 11.9 Å². The topological polar surface area (TPSA) is 52.3 Å². The summed E-state index contributed by atoms with van der Waals surface area (Å²) in [6.45, 7) is 0. The summed E-state index contributed by atoms with van der Waals surface area (Å²) in [5.74, 6) is 0.963. The normalized spacial score (nSPS) is 9.69. The first-order chi connectivity index (χ1) is 6.27. The second kappa shape index (κ2) is 5.11. The molecule has 3 nitrogen and oxygen atoms in total. The number of nitrogens with two attached hydrogens (primary N) is 1. The van der Waals surface area contributed by atoms with Gasteiger partial charge in [0.2, 0.25) is 0 Å². The van der Waals surface area contributed by atoms with Crippen LogP contribution in [0.15, 0.2) is 18.2 Å². The summed E-state index contributed by atoms with van der Waals surface area (Å²) >= 11 is 6.84. The maximum Gasteiger partial charge on any atom is 0.151 e. The molecule has 1 aromatic carbocycles. The van der Waals surface area contributed by atoms with Crippen LogP contribution in [0.3, 0.4) is 0 Å². The van der Waals surface area contributed by atoms with Crippen LogP contribution in [0.2, 0.25) is 5.02 Å². The number of carbonyl (C=O) groups is 1. The Morgan fingerprint density at radius 2 is 2.38 bits per heavy atom. The molecule has 0 aliphatic carbocycles. The molecule has 0 spiro atoms. The Balaban J connectivity index is 2.77. The fourth-order valence-corrected chi connectivity index (χ4v) is 1.21. The first-order valence-corrected chi connectivity index (χ1v) is 4.90. The predicted octanol–water partition coefficient (Wildman–Crippen LogP) is 2.10. The average Bonchev–Trinajstić information content (AvgIpc) is 2.15. The van der Waals surface area contributed by atoms with E-state index in [9.17, 15) is 4.79 Å². The van der Waals surface area contributed by atoms with Gasteiger partial charge in [-0.25, -0.2) is 0 Å². The van der Waals surface area contributed by atoms with E-state index < -0.39 is 0 Å². The van der Waals surface area contributed by atoms with Crippen LogP contribution in [-0.4, -0.2) is 12.2 Å². The SMILES string of the molecule is NSCOc1ccc(C=O)c(Cl)c1. The van der Waals surface area contributed by atoms with Crippen LogP contribution in [-0.2, 0) is 0 Å². The largest absolute Gasteiger partial charge is 0.482 e. The van der Waals surface area contributed by atoms with Crippen molar-refractivity contribution in [2.45, 2.75) is 0 Å². The summed E-state index contributed by atoms with van der Waals surface area (Å²) < 4.78 is 5.17. The highest BCUT2D eigenvalue weighted by atomic mass is 35.5. The molecule has 0 heterocycles. The van der Waals surface area contributed by atoms with Gasteiger partial charge in [-0.15, -0.1) is 0 Å². The van der Waals surface area contributed by atoms with E-state index in [1.807, 2.05) is 0 Å². The smallest absolute Gasteiger partial charge is 0.151 e. The lowest BCUT2D eigenvalue weighted by atomic mass is 10.2. The maximum absolute atomic E-state index is 10.4. The Bertz CT molecular complexity index is 306. The molecule has 0 saturated carbocycles. The molecule has 0 aliphatic heterocycles. The van der Waals surface area contributed by atoms with Crippen molar-refractivity contribution < 1.29 is 9.53 Å². The van der Waals surface area contributed by atoms with E-state index in [2.05, 4.69) is 0 Å². The molecule has 0 unspecified atom stereocenters. The monoisotopic (exact) mass is 217 g/mol. The lowest BCUT2D eigenvalue weighted by molar-refractivity contribution is 0.112. The van der Waals surface area contributed by atoms with Crippen molar-refractivity contribution in [2.24, 2.45) is 5.14 Å². The highest BCUT2D eigenvalue weighted by molar-refractivity contribution is 7.96. The van der Waals surface area contributed by atoms with Crippen LogP contribution in [0.5, 0.6) is 5.75 Å². The van der Waals surface area contributed by atoms with Gasteiger partial charge in [-0.1, -0.05) is 11.6 Å². The van der Waals surface area contributed by atoms with Crippen LogP contribution in [0.25, 0.3) is 0 Å². The molecule has 70 valence electrons. The first kappa shape index (κ1) is 10.4. The van der Waals surface area contributed by atoms with E-state index in [0.29, 0.717) is 28.6 Å². The number of ether oxygens (including phenoxy) is 1. The predicted molar refractivity (Wildman–Crippen MR) is 54.1 cm³/mol. The Hall–Kier alpha value is -0.710. The summed E-state index contributed by atoms with van der Waals surface area (Å²) in [6, 6.07) is 4.86. The third-order valence-corrected chi connectivity index (χ3v) is 1.97. The molecule has 0 bridgehead atoms. The number of carbonyl (C=O) groups excluding carboxylic acids is 1. The van der Waals surface area contributed by atoms with Gasteiger partial charge in [-0.05, 0) is 30.1 Å². The quantitative estimate of drug-likeness (QED) is 0.477. The van der Waals surface area contributed by atoms with Crippen LogP contribution in [0.1, 0.15) is 10.4 Å². The Kier molecular flexibility index (Phi) is 4.08. The second-order valence-electron chi connectivity index (χ2n) is 2.23. The zero-order chi connectivity index (χ0) is 9.68. The second-order valence-corrected chi connectivity index (χ2v) is 3.21. The molecule has 0 fully saturated rings. The summed E-state index contributed by atoms with van der Waals surface area (Å²) in [6.07, 6.45) is 0.698. The summed E-state index contributed by atoms with van der Waals surface area (Å²) in [4.78, 5) is 10.4. The number of aldehydes is 1. The van der Waals surface area contributed by atoms with Crippen molar-refractivity contribution in [3.8, 4) is 5.75 Å². The number of hydrogen-bond acceptors (Lipinski definition) is 4. The van der Waals surface area contributed by atoms with Gasteiger partial charge in [0.05, 0.1) is 5.02 Å². The lowest BCUT2D eigenvalue weighted by Crippen LogP contribution is -1.96. The molecule has 0 atom stereocenters. The van der Waals surface area contributed by atoms with Gasteiger partial charge in [0.15, 0.2) is 6.29 Å². The molecular weight excluding hydrogens is 210 g/mol. The van der Waals surface area contributed by atoms with E-state index in [1.54, 1.807) is 18.2 Å². The molecule has 0 radical (unpaired) electrons. The minimum absolute atomic E-state index is 0.358. The van der Waals surface area contributed by atoms with Gasteiger partial charge < -0.3 is 4.74 Å². The van der Waals surface area contributed by atoms with E-state index in [1.165, 1.54) is 0 Å². The summed E-state index contributed by atoms with van der Waals surface area (Å²) in [7, 11) is 0. The van der Waals surface area contributed by atoms with Gasteiger partial charge >= 0.3 is 0 Å². The summed E-state index contributed by atoms with van der Waals surface area (Å²) in [5, 5.41) is 5.56. The van der Waals surface area contributed by atoms with Crippen molar-refractivity contribution >= 4 is 29.8 Å². The molecule has 0 aliphatic rings. The minimum Gasteiger partial charge on any atom is -0.482 e. The van der Waals surface area contributed by atoms with E-state index in [4.69, 9.17) is 21.5 Å². The Labute approximate surface area is 85.3 Å². The van der Waals surface area contributed by atoms with Crippen LogP contribution in [0.4, 0.5) is 0 Å².